The van der Waals surface area contributed by atoms with Crippen molar-refractivity contribution in [1.29, 1.82) is 0 Å². The number of halogens is 1. The normalized spacial score (nSPS) is 24.3. The topological polar surface area (TPSA) is 45.7 Å². The van der Waals surface area contributed by atoms with Gasteiger partial charge in [-0.05, 0) is 38.1 Å². The minimum atomic E-state index is -0.297. The predicted molar refractivity (Wildman–Crippen MR) is 115 cm³/mol. The Morgan fingerprint density at radius 3 is 2.73 bits per heavy atom. The fraction of sp³-hybridized carbons (Fsp3) is 0.565. The highest BCUT2D eigenvalue weighted by molar-refractivity contribution is 7.15. The number of piperidine rings is 1. The maximum absolute atomic E-state index is 14.9. The van der Waals surface area contributed by atoms with Crippen LogP contribution < -0.4 is 4.74 Å². The zero-order chi connectivity index (χ0) is 20.7. The van der Waals surface area contributed by atoms with Gasteiger partial charge in [-0.2, -0.15) is 0 Å². The fourth-order valence-corrected chi connectivity index (χ4v) is 5.88. The molecular weight excluding hydrogens is 401 g/mol. The molecule has 1 saturated heterocycles. The van der Waals surface area contributed by atoms with Crippen LogP contribution in [0.5, 0.6) is 5.75 Å². The number of rotatable bonds is 4. The minimum Gasteiger partial charge on any atom is -0.490 e. The summed E-state index contributed by atoms with van der Waals surface area (Å²) in [6.07, 6.45) is 6.96. The molecule has 0 bridgehead atoms. The van der Waals surface area contributed by atoms with E-state index in [4.69, 9.17) is 4.74 Å². The Bertz CT molecular complexity index is 935. The lowest BCUT2D eigenvalue weighted by Gasteiger charge is -2.44. The molecule has 3 aliphatic rings. The van der Waals surface area contributed by atoms with Gasteiger partial charge in [-0.25, -0.2) is 9.37 Å². The van der Waals surface area contributed by atoms with Gasteiger partial charge >= 0.3 is 0 Å². The Morgan fingerprint density at radius 2 is 2.00 bits per heavy atom. The quantitative estimate of drug-likeness (QED) is 0.729. The monoisotopic (exact) mass is 429 g/mol. The zero-order valence-corrected chi connectivity index (χ0v) is 18.2. The molecule has 5 nitrogen and oxygen atoms in total. The molecule has 160 valence electrons. The van der Waals surface area contributed by atoms with E-state index in [1.807, 2.05) is 11.0 Å². The Hall–Kier alpha value is -1.99. The van der Waals surface area contributed by atoms with Gasteiger partial charge in [0.15, 0.2) is 0 Å². The smallest absolute Gasteiger partial charge is 0.219 e. The van der Waals surface area contributed by atoms with Gasteiger partial charge in [-0.1, -0.05) is 6.42 Å². The summed E-state index contributed by atoms with van der Waals surface area (Å²) in [6, 6.07) is 5.76. The van der Waals surface area contributed by atoms with Crippen molar-refractivity contribution in [2.45, 2.75) is 64.1 Å². The molecule has 5 rings (SSSR count). The van der Waals surface area contributed by atoms with E-state index < -0.39 is 0 Å². The van der Waals surface area contributed by atoms with Crippen LogP contribution in [-0.2, 0) is 17.8 Å². The third-order valence-corrected chi connectivity index (χ3v) is 7.74. The van der Waals surface area contributed by atoms with Gasteiger partial charge in [0, 0.05) is 55.3 Å². The van der Waals surface area contributed by atoms with Gasteiger partial charge in [0.2, 0.25) is 5.91 Å². The molecule has 0 spiro atoms. The first-order valence-corrected chi connectivity index (χ1v) is 11.8. The first-order chi connectivity index (χ1) is 14.6. The number of ether oxygens (including phenoxy) is 1. The minimum absolute atomic E-state index is 0.0711. The Morgan fingerprint density at radius 1 is 1.20 bits per heavy atom. The van der Waals surface area contributed by atoms with Crippen molar-refractivity contribution in [3.05, 3.63) is 34.6 Å². The van der Waals surface area contributed by atoms with Crippen molar-refractivity contribution in [1.82, 2.24) is 14.8 Å². The van der Waals surface area contributed by atoms with E-state index in [9.17, 15) is 9.18 Å². The van der Waals surface area contributed by atoms with E-state index in [2.05, 4.69) is 9.88 Å². The number of likely N-dealkylation sites (tertiary alicyclic amines) is 1. The van der Waals surface area contributed by atoms with Gasteiger partial charge < -0.3 is 14.5 Å². The Kier molecular flexibility index (Phi) is 5.50. The Labute approximate surface area is 180 Å². The second-order valence-corrected chi connectivity index (χ2v) is 9.77. The number of nitrogens with zero attached hydrogens (tertiary/aromatic N) is 3. The lowest BCUT2D eigenvalue weighted by atomic mass is 9.86. The highest BCUT2D eigenvalue weighted by Gasteiger charge is 2.35. The van der Waals surface area contributed by atoms with E-state index in [1.165, 1.54) is 49.8 Å². The van der Waals surface area contributed by atoms with E-state index in [1.54, 1.807) is 13.0 Å². The molecule has 30 heavy (non-hydrogen) atoms. The van der Waals surface area contributed by atoms with Gasteiger partial charge in [0.05, 0.1) is 12.2 Å². The first-order valence-electron chi connectivity index (χ1n) is 11.0. The number of amides is 1. The van der Waals surface area contributed by atoms with Crippen LogP contribution in [0.2, 0.25) is 0 Å². The standard InChI is InChI=1S/C23H28FN3O2S/c1-15(28)27-10-7-21-22(14-27)30-23(25-21)19-6-5-17(13-20(19)24)29-18-11-16(12-18)26-8-3-2-4-9-26/h5-6,13,16,18H,2-4,7-12,14H2,1H3/t16-,18-. The molecule has 1 amide bonds. The second-order valence-electron chi connectivity index (χ2n) is 8.68. The van der Waals surface area contributed by atoms with Gasteiger partial charge in [0.25, 0.3) is 0 Å². The largest absolute Gasteiger partial charge is 0.490 e. The van der Waals surface area contributed by atoms with E-state index >= 15 is 0 Å². The SMILES string of the molecule is CC(=O)N1CCc2nc(-c3ccc(O[C@H]4C[C@H](N5CCCCC5)C4)cc3F)sc2C1. The highest BCUT2D eigenvalue weighted by atomic mass is 32.1. The van der Waals surface area contributed by atoms with Crippen molar-refractivity contribution in [2.75, 3.05) is 19.6 Å². The summed E-state index contributed by atoms with van der Waals surface area (Å²) in [5.74, 6) is 0.373. The van der Waals surface area contributed by atoms with Crippen molar-refractivity contribution < 1.29 is 13.9 Å². The number of hydrogen-bond donors (Lipinski definition) is 0. The first kappa shape index (κ1) is 19.9. The number of benzene rings is 1. The summed E-state index contributed by atoms with van der Waals surface area (Å²) in [6.45, 7) is 5.26. The molecule has 7 heteroatoms. The summed E-state index contributed by atoms with van der Waals surface area (Å²) in [4.78, 5) is 21.7. The number of thiazole rings is 1. The molecule has 2 aromatic rings. The van der Waals surface area contributed by atoms with Gasteiger partial charge in [-0.3, -0.25) is 4.79 Å². The molecular formula is C23H28FN3O2S. The zero-order valence-electron chi connectivity index (χ0n) is 17.4. The average Bonchev–Trinajstić information content (AvgIpc) is 3.14. The number of aromatic nitrogens is 1. The number of fused-ring (bicyclic) bond motifs is 1. The van der Waals surface area contributed by atoms with Crippen molar-refractivity contribution in [2.24, 2.45) is 0 Å². The highest BCUT2D eigenvalue weighted by Crippen LogP contribution is 2.36. The van der Waals surface area contributed by atoms with E-state index in [-0.39, 0.29) is 17.8 Å². The molecule has 0 N–H and O–H groups in total. The molecule has 0 unspecified atom stereocenters. The second kappa shape index (κ2) is 8.27. The molecule has 1 aliphatic carbocycles. The van der Waals surface area contributed by atoms with E-state index in [0.29, 0.717) is 35.5 Å². The van der Waals surface area contributed by atoms with Gasteiger partial charge in [-0.15, -0.1) is 11.3 Å². The Balaban J connectivity index is 1.22. The van der Waals surface area contributed by atoms with Crippen molar-refractivity contribution in [3.63, 3.8) is 0 Å². The third-order valence-electron chi connectivity index (χ3n) is 6.63. The van der Waals surface area contributed by atoms with Crippen LogP contribution in [-0.4, -0.2) is 52.5 Å². The molecule has 3 heterocycles. The molecule has 1 aromatic carbocycles. The van der Waals surface area contributed by atoms with Crippen LogP contribution >= 0.6 is 11.3 Å². The fourth-order valence-electron chi connectivity index (χ4n) is 4.73. The van der Waals surface area contributed by atoms with Crippen LogP contribution in [0.1, 0.15) is 49.6 Å². The average molecular weight is 430 g/mol. The van der Waals surface area contributed by atoms with Gasteiger partial charge in [0.1, 0.15) is 22.7 Å². The molecule has 2 fully saturated rings. The summed E-state index contributed by atoms with van der Waals surface area (Å²) in [5.41, 5.74) is 1.50. The summed E-state index contributed by atoms with van der Waals surface area (Å²) >= 11 is 1.48. The number of hydrogen-bond acceptors (Lipinski definition) is 5. The molecule has 2 aliphatic heterocycles. The summed E-state index contributed by atoms with van der Waals surface area (Å²) in [7, 11) is 0. The lowest BCUT2D eigenvalue weighted by Crippen LogP contribution is -2.50. The lowest BCUT2D eigenvalue weighted by molar-refractivity contribution is -0.129. The third kappa shape index (κ3) is 3.97. The van der Waals surface area contributed by atoms with Crippen LogP contribution in [0.15, 0.2) is 18.2 Å². The number of carbonyl (C=O) groups excluding carboxylic acids is 1. The van der Waals surface area contributed by atoms with E-state index in [0.717, 1.165) is 29.8 Å². The summed E-state index contributed by atoms with van der Waals surface area (Å²) < 4.78 is 20.9. The summed E-state index contributed by atoms with van der Waals surface area (Å²) in [5, 5.41) is 0.684. The molecule has 1 aromatic heterocycles. The maximum atomic E-state index is 14.9. The number of carbonyl (C=O) groups is 1. The van der Waals surface area contributed by atoms with Crippen LogP contribution in [0.25, 0.3) is 10.6 Å². The molecule has 1 saturated carbocycles. The molecule has 0 radical (unpaired) electrons. The predicted octanol–water partition coefficient (Wildman–Crippen LogP) is 4.25. The molecule has 0 atom stereocenters. The van der Waals surface area contributed by atoms with Crippen LogP contribution in [0, 0.1) is 5.82 Å². The maximum Gasteiger partial charge on any atom is 0.219 e. The van der Waals surface area contributed by atoms with Crippen molar-refractivity contribution in [3.8, 4) is 16.3 Å². The van der Waals surface area contributed by atoms with Crippen LogP contribution in [0.4, 0.5) is 4.39 Å². The van der Waals surface area contributed by atoms with Crippen LogP contribution in [0.3, 0.4) is 0 Å². The van der Waals surface area contributed by atoms with Crippen molar-refractivity contribution >= 4 is 17.2 Å².